The second kappa shape index (κ2) is 5.54. The van der Waals surface area contributed by atoms with Crippen molar-refractivity contribution in [3.05, 3.63) is 30.1 Å². The van der Waals surface area contributed by atoms with Crippen LogP contribution in [-0.2, 0) is 14.8 Å². The summed E-state index contributed by atoms with van der Waals surface area (Å²) in [5, 5.41) is 0. The minimum atomic E-state index is -3.92. The summed E-state index contributed by atoms with van der Waals surface area (Å²) in [7, 11) is -3.92. The first kappa shape index (κ1) is 14.4. The normalized spacial score (nSPS) is 27.0. The Morgan fingerprint density at radius 3 is 2.74 bits per heavy atom. The molecule has 19 heavy (non-hydrogen) atoms. The lowest BCUT2D eigenvalue weighted by Crippen LogP contribution is -2.64. The summed E-state index contributed by atoms with van der Waals surface area (Å²) in [6.07, 6.45) is 0.347. The second-order valence-electron chi connectivity index (χ2n) is 4.47. The van der Waals surface area contributed by atoms with Crippen molar-refractivity contribution in [1.82, 2.24) is 4.72 Å². The molecule has 3 unspecified atom stereocenters. The maximum absolute atomic E-state index is 13.5. The van der Waals surface area contributed by atoms with Crippen LogP contribution in [0.25, 0.3) is 0 Å². The minimum Gasteiger partial charge on any atom is -0.377 e. The number of hydrogen-bond donors (Lipinski definition) is 2. The van der Waals surface area contributed by atoms with Gasteiger partial charge in [0.1, 0.15) is 10.7 Å². The molecule has 0 amide bonds. The van der Waals surface area contributed by atoms with Gasteiger partial charge in [-0.15, -0.1) is 0 Å². The highest BCUT2D eigenvalue weighted by Crippen LogP contribution is 2.25. The van der Waals surface area contributed by atoms with Crippen molar-refractivity contribution >= 4 is 10.0 Å². The van der Waals surface area contributed by atoms with Gasteiger partial charge in [-0.2, -0.15) is 0 Å². The predicted molar refractivity (Wildman–Crippen MR) is 68.5 cm³/mol. The molecule has 3 atom stereocenters. The van der Waals surface area contributed by atoms with E-state index in [2.05, 4.69) is 4.72 Å². The van der Waals surface area contributed by atoms with Crippen LogP contribution in [-0.4, -0.2) is 33.2 Å². The monoisotopic (exact) mass is 288 g/mol. The third-order valence-corrected chi connectivity index (χ3v) is 4.66. The van der Waals surface area contributed by atoms with Gasteiger partial charge in [0, 0.05) is 12.6 Å². The maximum Gasteiger partial charge on any atom is 0.243 e. The SMILES string of the molecule is CCOC1CC(N)C1NS(=O)(=O)c1ccccc1F. The van der Waals surface area contributed by atoms with E-state index >= 15 is 0 Å². The van der Waals surface area contributed by atoms with Crippen molar-refractivity contribution < 1.29 is 17.5 Å². The zero-order valence-corrected chi connectivity index (χ0v) is 11.4. The van der Waals surface area contributed by atoms with E-state index in [9.17, 15) is 12.8 Å². The number of rotatable bonds is 5. The van der Waals surface area contributed by atoms with Gasteiger partial charge in [0.15, 0.2) is 0 Å². The van der Waals surface area contributed by atoms with E-state index in [1.54, 1.807) is 0 Å². The summed E-state index contributed by atoms with van der Waals surface area (Å²) in [5.74, 6) is -0.782. The Labute approximate surface area is 112 Å². The Morgan fingerprint density at radius 1 is 1.47 bits per heavy atom. The smallest absolute Gasteiger partial charge is 0.243 e. The van der Waals surface area contributed by atoms with E-state index in [1.165, 1.54) is 18.2 Å². The number of nitrogens with two attached hydrogens (primary N) is 1. The summed E-state index contributed by atoms with van der Waals surface area (Å²) in [4.78, 5) is -0.371. The molecule has 7 heteroatoms. The summed E-state index contributed by atoms with van der Waals surface area (Å²) in [5.41, 5.74) is 5.77. The molecule has 1 aliphatic rings. The molecule has 0 heterocycles. The van der Waals surface area contributed by atoms with Gasteiger partial charge in [0.2, 0.25) is 10.0 Å². The van der Waals surface area contributed by atoms with E-state index in [0.717, 1.165) is 6.07 Å². The summed E-state index contributed by atoms with van der Waals surface area (Å²) in [6, 6.07) is 4.42. The molecule has 0 aromatic heterocycles. The Balaban J connectivity index is 2.16. The average Bonchev–Trinajstić information content (AvgIpc) is 2.36. The highest BCUT2D eigenvalue weighted by atomic mass is 32.2. The van der Waals surface area contributed by atoms with Gasteiger partial charge < -0.3 is 10.5 Å². The molecule has 1 aliphatic carbocycles. The van der Waals surface area contributed by atoms with Crippen LogP contribution in [0.3, 0.4) is 0 Å². The number of halogens is 1. The van der Waals surface area contributed by atoms with Crippen molar-refractivity contribution in [3.63, 3.8) is 0 Å². The molecule has 1 aromatic carbocycles. The Morgan fingerprint density at radius 2 is 2.16 bits per heavy atom. The fraction of sp³-hybridized carbons (Fsp3) is 0.500. The quantitative estimate of drug-likeness (QED) is 0.831. The molecule has 1 saturated carbocycles. The molecule has 3 N–H and O–H groups in total. The van der Waals surface area contributed by atoms with Crippen molar-refractivity contribution in [1.29, 1.82) is 0 Å². The molecule has 2 rings (SSSR count). The van der Waals surface area contributed by atoms with Gasteiger partial charge in [-0.05, 0) is 25.5 Å². The van der Waals surface area contributed by atoms with Gasteiger partial charge in [-0.25, -0.2) is 17.5 Å². The number of nitrogens with one attached hydrogen (secondary N) is 1. The third kappa shape index (κ3) is 2.94. The molecule has 0 bridgehead atoms. The van der Waals surface area contributed by atoms with Crippen LogP contribution in [0.1, 0.15) is 13.3 Å². The maximum atomic E-state index is 13.5. The van der Waals surface area contributed by atoms with E-state index in [1.807, 2.05) is 6.92 Å². The molecular formula is C12H17FN2O3S. The minimum absolute atomic E-state index is 0.249. The summed E-state index contributed by atoms with van der Waals surface area (Å²) in [6.45, 7) is 2.31. The number of ether oxygens (including phenoxy) is 1. The van der Waals surface area contributed by atoms with Crippen LogP contribution < -0.4 is 10.5 Å². The Bertz CT molecular complexity index is 548. The first-order valence-corrected chi connectivity index (χ1v) is 7.58. The average molecular weight is 288 g/mol. The number of benzene rings is 1. The van der Waals surface area contributed by atoms with Crippen molar-refractivity contribution in [2.24, 2.45) is 5.73 Å². The zero-order chi connectivity index (χ0) is 14.0. The lowest BCUT2D eigenvalue weighted by atomic mass is 9.84. The second-order valence-corrected chi connectivity index (χ2v) is 6.15. The molecule has 1 fully saturated rings. The van der Waals surface area contributed by atoms with E-state index in [-0.39, 0.29) is 17.0 Å². The lowest BCUT2D eigenvalue weighted by molar-refractivity contribution is -0.0248. The molecule has 1 aromatic rings. The van der Waals surface area contributed by atoms with Crippen LogP contribution in [0.4, 0.5) is 4.39 Å². The highest BCUT2D eigenvalue weighted by Gasteiger charge is 2.42. The zero-order valence-electron chi connectivity index (χ0n) is 10.5. The fourth-order valence-electron chi connectivity index (χ4n) is 2.10. The molecule has 0 spiro atoms. The predicted octanol–water partition coefficient (Wildman–Crippen LogP) is 0.609. The first-order valence-electron chi connectivity index (χ1n) is 6.09. The summed E-state index contributed by atoms with van der Waals surface area (Å²) >= 11 is 0. The van der Waals surface area contributed by atoms with E-state index in [0.29, 0.717) is 13.0 Å². The first-order chi connectivity index (χ1) is 8.95. The van der Waals surface area contributed by atoms with Gasteiger partial charge >= 0.3 is 0 Å². The topological polar surface area (TPSA) is 81.4 Å². The Hall–Kier alpha value is -1.02. The van der Waals surface area contributed by atoms with Crippen molar-refractivity contribution in [2.75, 3.05) is 6.61 Å². The highest BCUT2D eigenvalue weighted by molar-refractivity contribution is 7.89. The van der Waals surface area contributed by atoms with Gasteiger partial charge in [-0.1, -0.05) is 12.1 Å². The molecule has 0 aliphatic heterocycles. The Kier molecular flexibility index (Phi) is 4.19. The van der Waals surface area contributed by atoms with Crippen LogP contribution in [0, 0.1) is 5.82 Å². The number of hydrogen-bond acceptors (Lipinski definition) is 4. The van der Waals surface area contributed by atoms with Crippen LogP contribution >= 0.6 is 0 Å². The van der Waals surface area contributed by atoms with E-state index < -0.39 is 21.9 Å². The molecule has 5 nitrogen and oxygen atoms in total. The van der Waals surface area contributed by atoms with E-state index in [4.69, 9.17) is 10.5 Å². The van der Waals surface area contributed by atoms with Crippen molar-refractivity contribution in [3.8, 4) is 0 Å². The standard InChI is InChI=1S/C12H17FN2O3S/c1-2-18-10-7-9(14)12(10)15-19(16,17)11-6-4-3-5-8(11)13/h3-6,9-10,12,15H,2,7,14H2,1H3. The van der Waals surface area contributed by atoms with Gasteiger partial charge in [-0.3, -0.25) is 0 Å². The fourth-order valence-corrected chi connectivity index (χ4v) is 3.49. The van der Waals surface area contributed by atoms with Crippen LogP contribution in [0.15, 0.2) is 29.2 Å². The van der Waals surface area contributed by atoms with Gasteiger partial charge in [0.25, 0.3) is 0 Å². The van der Waals surface area contributed by atoms with Crippen LogP contribution in [0.2, 0.25) is 0 Å². The number of sulfonamides is 1. The largest absolute Gasteiger partial charge is 0.377 e. The van der Waals surface area contributed by atoms with Crippen LogP contribution in [0.5, 0.6) is 0 Å². The molecular weight excluding hydrogens is 271 g/mol. The third-order valence-electron chi connectivity index (χ3n) is 3.16. The molecule has 0 radical (unpaired) electrons. The lowest BCUT2D eigenvalue weighted by Gasteiger charge is -2.42. The van der Waals surface area contributed by atoms with Gasteiger partial charge in [0.05, 0.1) is 12.1 Å². The van der Waals surface area contributed by atoms with Crippen molar-refractivity contribution in [2.45, 2.75) is 36.4 Å². The molecule has 0 saturated heterocycles. The summed E-state index contributed by atoms with van der Waals surface area (Å²) < 4.78 is 45.5. The molecule has 106 valence electrons.